The van der Waals surface area contributed by atoms with Crippen LogP contribution >= 0.6 is 11.8 Å². The molecule has 3 heterocycles. The third-order valence-electron chi connectivity index (χ3n) is 4.39. The molecule has 2 aromatic rings. The van der Waals surface area contributed by atoms with E-state index in [9.17, 15) is 15.0 Å². The van der Waals surface area contributed by atoms with Crippen LogP contribution in [0, 0.1) is 0 Å². The summed E-state index contributed by atoms with van der Waals surface area (Å²) in [6.07, 6.45) is 0.883. The topological polar surface area (TPSA) is 173 Å². The third kappa shape index (κ3) is 3.99. The van der Waals surface area contributed by atoms with Gasteiger partial charge in [-0.2, -0.15) is 11.8 Å². The fraction of sp³-hybridized carbons (Fsp3) is 0.600. The monoisotopic (exact) mass is 399 g/mol. The van der Waals surface area contributed by atoms with Crippen molar-refractivity contribution in [1.29, 1.82) is 0 Å². The highest BCUT2D eigenvalue weighted by Gasteiger charge is 2.45. The maximum absolute atomic E-state index is 12.0. The number of hydrogen-bond acceptors (Lipinski definition) is 10. The number of rotatable bonds is 7. The summed E-state index contributed by atoms with van der Waals surface area (Å²) in [5, 5.41) is 20.6. The van der Waals surface area contributed by atoms with Gasteiger partial charge in [-0.15, -0.1) is 0 Å². The largest absolute Gasteiger partial charge is 0.458 e. The van der Waals surface area contributed by atoms with Gasteiger partial charge in [0.2, 0.25) is 0 Å². The predicted octanol–water partition coefficient (Wildman–Crippen LogP) is -2.07. The SMILES string of the molecule is CSCC[C@H]([NH3+])C(=O)OC[C@H]1O[C@@H](n2cnc3c(N)ncnc32)[C@H](O)[C@@H]1O. The molecule has 11 nitrogen and oxygen atoms in total. The Balaban J connectivity index is 1.67. The first-order valence-electron chi connectivity index (χ1n) is 8.37. The molecule has 0 radical (unpaired) electrons. The molecule has 0 amide bonds. The second-order valence-corrected chi connectivity index (χ2v) is 7.22. The summed E-state index contributed by atoms with van der Waals surface area (Å²) in [4.78, 5) is 24.0. The van der Waals surface area contributed by atoms with Gasteiger partial charge in [0.1, 0.15) is 36.8 Å². The van der Waals surface area contributed by atoms with Crippen LogP contribution in [0.15, 0.2) is 12.7 Å². The number of nitrogen functional groups attached to an aromatic ring is 1. The van der Waals surface area contributed by atoms with Gasteiger partial charge >= 0.3 is 5.97 Å². The van der Waals surface area contributed by atoms with Crippen molar-refractivity contribution in [3.63, 3.8) is 0 Å². The second-order valence-electron chi connectivity index (χ2n) is 6.24. The number of aliphatic hydroxyl groups is 2. The quantitative estimate of drug-likeness (QED) is 0.379. The number of fused-ring (bicyclic) bond motifs is 1. The Morgan fingerprint density at radius 1 is 1.44 bits per heavy atom. The lowest BCUT2D eigenvalue weighted by molar-refractivity contribution is -0.408. The lowest BCUT2D eigenvalue weighted by Crippen LogP contribution is -2.65. The summed E-state index contributed by atoms with van der Waals surface area (Å²) in [6.45, 7) is -0.192. The van der Waals surface area contributed by atoms with Gasteiger partial charge in [-0.1, -0.05) is 0 Å². The van der Waals surface area contributed by atoms with Gasteiger partial charge in [-0.05, 0) is 12.0 Å². The van der Waals surface area contributed by atoms with Crippen LogP contribution in [-0.2, 0) is 14.3 Å². The zero-order valence-electron chi connectivity index (χ0n) is 14.8. The van der Waals surface area contributed by atoms with Crippen LogP contribution in [0.4, 0.5) is 5.82 Å². The number of quaternary nitrogens is 1. The first-order chi connectivity index (χ1) is 12.9. The van der Waals surface area contributed by atoms with E-state index in [4.69, 9.17) is 15.2 Å². The molecule has 0 bridgehead atoms. The number of nitrogens with zero attached hydrogens (tertiary/aromatic N) is 4. The summed E-state index contributed by atoms with van der Waals surface area (Å²) < 4.78 is 12.4. The normalized spacial score (nSPS) is 26.4. The highest BCUT2D eigenvalue weighted by Crippen LogP contribution is 2.32. The number of carbonyl (C=O) groups excluding carboxylic acids is 1. The van der Waals surface area contributed by atoms with Gasteiger partial charge in [0.25, 0.3) is 0 Å². The molecule has 2 aromatic heterocycles. The maximum atomic E-state index is 12.0. The lowest BCUT2D eigenvalue weighted by Gasteiger charge is -2.16. The number of anilines is 1. The van der Waals surface area contributed by atoms with E-state index in [1.165, 1.54) is 17.2 Å². The van der Waals surface area contributed by atoms with Crippen LogP contribution < -0.4 is 11.5 Å². The van der Waals surface area contributed by atoms with Crippen molar-refractivity contribution in [3.8, 4) is 0 Å². The van der Waals surface area contributed by atoms with Gasteiger partial charge in [0.05, 0.1) is 6.33 Å². The molecule has 1 aliphatic heterocycles. The van der Waals surface area contributed by atoms with Crippen LogP contribution in [0.1, 0.15) is 12.6 Å². The van der Waals surface area contributed by atoms with E-state index in [1.807, 2.05) is 6.26 Å². The van der Waals surface area contributed by atoms with E-state index < -0.39 is 36.6 Å². The molecule has 5 atom stereocenters. The number of aliphatic hydroxyl groups excluding tert-OH is 2. The van der Waals surface area contributed by atoms with Gasteiger partial charge in [0, 0.05) is 6.42 Å². The Morgan fingerprint density at radius 2 is 2.22 bits per heavy atom. The number of hydrogen-bond donors (Lipinski definition) is 4. The molecule has 27 heavy (non-hydrogen) atoms. The molecule has 0 saturated carbocycles. The van der Waals surface area contributed by atoms with Crippen molar-refractivity contribution >= 4 is 34.7 Å². The number of thioether (sulfide) groups is 1. The Morgan fingerprint density at radius 3 is 2.96 bits per heavy atom. The van der Waals surface area contributed by atoms with E-state index in [0.29, 0.717) is 17.6 Å². The summed E-state index contributed by atoms with van der Waals surface area (Å²) in [5.74, 6) is 0.529. The number of ether oxygens (including phenoxy) is 2. The van der Waals surface area contributed by atoms with Crippen LogP contribution in [0.25, 0.3) is 11.2 Å². The standard InChI is InChI=1S/C15H22N6O5S/c1-27-3-2-7(16)15(24)25-4-8-10(22)11(23)14(26-8)21-6-20-9-12(17)18-5-19-13(9)21/h5-8,10-11,14,22-23H,2-4,16H2,1H3,(H2,17,18,19)/p+1/t7-,8+,10+,11+,14+/m0/s1. The Labute approximate surface area is 159 Å². The molecule has 3 rings (SSSR count). The molecule has 0 aliphatic carbocycles. The van der Waals surface area contributed by atoms with Crippen molar-refractivity contribution in [2.45, 2.75) is 37.0 Å². The number of carbonyl (C=O) groups is 1. The minimum atomic E-state index is -1.26. The van der Waals surface area contributed by atoms with Crippen molar-refractivity contribution < 1.29 is 30.2 Å². The smallest absolute Gasteiger partial charge is 0.364 e. The molecule has 148 valence electrons. The van der Waals surface area contributed by atoms with Crippen molar-refractivity contribution in [1.82, 2.24) is 19.5 Å². The second kappa shape index (κ2) is 8.35. The van der Waals surface area contributed by atoms with Gasteiger partial charge in [-0.25, -0.2) is 19.7 Å². The molecule has 12 heteroatoms. The van der Waals surface area contributed by atoms with Crippen molar-refractivity contribution in [2.24, 2.45) is 0 Å². The lowest BCUT2D eigenvalue weighted by atomic mass is 10.1. The van der Waals surface area contributed by atoms with Gasteiger partial charge < -0.3 is 31.2 Å². The number of nitrogens with two attached hydrogens (primary N) is 1. The van der Waals surface area contributed by atoms with Crippen LogP contribution in [0.5, 0.6) is 0 Å². The fourth-order valence-corrected chi connectivity index (χ4v) is 3.33. The van der Waals surface area contributed by atoms with Crippen LogP contribution in [0.3, 0.4) is 0 Å². The summed E-state index contributed by atoms with van der Waals surface area (Å²) in [6, 6.07) is -0.492. The molecular formula is C15H23N6O5S+. The van der Waals surface area contributed by atoms with E-state index in [0.717, 1.165) is 5.75 Å². The first kappa shape index (κ1) is 19.8. The Bertz CT molecular complexity index is 804. The Hall–Kier alpha value is -1.99. The maximum Gasteiger partial charge on any atom is 0.364 e. The molecule has 0 aromatic carbocycles. The summed E-state index contributed by atoms with van der Waals surface area (Å²) in [7, 11) is 0. The zero-order chi connectivity index (χ0) is 19.6. The van der Waals surface area contributed by atoms with E-state index in [-0.39, 0.29) is 12.4 Å². The van der Waals surface area contributed by atoms with Crippen molar-refractivity contribution in [3.05, 3.63) is 12.7 Å². The average Bonchev–Trinajstić information content (AvgIpc) is 3.21. The molecule has 7 N–H and O–H groups in total. The highest BCUT2D eigenvalue weighted by molar-refractivity contribution is 7.98. The highest BCUT2D eigenvalue weighted by atomic mass is 32.2. The summed E-state index contributed by atoms with van der Waals surface area (Å²) >= 11 is 1.62. The van der Waals surface area contributed by atoms with E-state index in [1.54, 1.807) is 11.8 Å². The summed E-state index contributed by atoms with van der Waals surface area (Å²) in [5.41, 5.74) is 10.3. The van der Waals surface area contributed by atoms with Gasteiger partial charge in [0.15, 0.2) is 23.7 Å². The minimum Gasteiger partial charge on any atom is -0.458 e. The van der Waals surface area contributed by atoms with Crippen LogP contribution in [0.2, 0.25) is 0 Å². The molecular weight excluding hydrogens is 376 g/mol. The molecule has 0 unspecified atom stereocenters. The van der Waals surface area contributed by atoms with Gasteiger partial charge in [-0.3, -0.25) is 4.57 Å². The number of esters is 1. The molecule has 0 spiro atoms. The van der Waals surface area contributed by atoms with Crippen molar-refractivity contribution in [2.75, 3.05) is 24.3 Å². The first-order valence-corrected chi connectivity index (χ1v) is 9.76. The zero-order valence-corrected chi connectivity index (χ0v) is 15.6. The van der Waals surface area contributed by atoms with Crippen LogP contribution in [-0.4, -0.2) is 78.7 Å². The number of aromatic nitrogens is 4. The average molecular weight is 399 g/mol. The predicted molar refractivity (Wildman–Crippen MR) is 96.3 cm³/mol. The Kier molecular flexibility index (Phi) is 6.11. The minimum absolute atomic E-state index is 0.192. The van der Waals surface area contributed by atoms with E-state index >= 15 is 0 Å². The fourth-order valence-electron chi connectivity index (χ4n) is 2.81. The third-order valence-corrected chi connectivity index (χ3v) is 5.04. The van der Waals surface area contributed by atoms with E-state index in [2.05, 4.69) is 20.7 Å². The molecule has 1 aliphatic rings. The molecule has 1 saturated heterocycles. The molecule has 1 fully saturated rings. The number of imidazole rings is 1.